The highest BCUT2D eigenvalue weighted by atomic mass is 19.1. The van der Waals surface area contributed by atoms with Crippen molar-refractivity contribution in [2.24, 2.45) is 11.8 Å². The Labute approximate surface area is 171 Å². The lowest BCUT2D eigenvalue weighted by Crippen LogP contribution is -2.35. The number of nitrogens with one attached hydrogen (secondary N) is 2. The van der Waals surface area contributed by atoms with Crippen molar-refractivity contribution < 1.29 is 14.0 Å². The van der Waals surface area contributed by atoms with Crippen LogP contribution in [0.5, 0.6) is 0 Å². The van der Waals surface area contributed by atoms with Gasteiger partial charge in [-0.15, -0.1) is 0 Å². The number of anilines is 1. The Morgan fingerprint density at radius 1 is 0.897 bits per heavy atom. The third-order valence-corrected chi connectivity index (χ3v) is 5.69. The first-order valence-electron chi connectivity index (χ1n) is 10.4. The van der Waals surface area contributed by atoms with Gasteiger partial charge in [0.1, 0.15) is 5.82 Å². The van der Waals surface area contributed by atoms with Gasteiger partial charge in [0.05, 0.1) is 0 Å². The summed E-state index contributed by atoms with van der Waals surface area (Å²) in [5, 5.41) is 5.93. The fourth-order valence-electron chi connectivity index (χ4n) is 3.75. The van der Waals surface area contributed by atoms with Crippen molar-refractivity contribution in [1.82, 2.24) is 5.32 Å². The summed E-state index contributed by atoms with van der Waals surface area (Å²) in [6.45, 7) is 4.68. The smallest absolute Gasteiger partial charge is 0.227 e. The third kappa shape index (κ3) is 5.89. The lowest BCUT2D eigenvalue weighted by molar-refractivity contribution is -0.128. The zero-order valence-corrected chi connectivity index (χ0v) is 17.1. The molecular weight excluding hydrogens is 367 g/mol. The van der Waals surface area contributed by atoms with Gasteiger partial charge in [0.15, 0.2) is 0 Å². The van der Waals surface area contributed by atoms with Crippen molar-refractivity contribution in [3.8, 4) is 0 Å². The van der Waals surface area contributed by atoms with Crippen LogP contribution in [0.2, 0.25) is 0 Å². The van der Waals surface area contributed by atoms with E-state index in [4.69, 9.17) is 0 Å². The molecule has 0 saturated heterocycles. The molecule has 2 aromatic rings. The lowest BCUT2D eigenvalue weighted by atomic mass is 9.81. The van der Waals surface area contributed by atoms with Crippen LogP contribution in [0, 0.1) is 17.7 Å². The molecule has 1 aliphatic rings. The number of hydrogen-bond acceptors (Lipinski definition) is 2. The summed E-state index contributed by atoms with van der Waals surface area (Å²) >= 11 is 0. The number of benzene rings is 2. The third-order valence-electron chi connectivity index (χ3n) is 5.69. The number of amides is 2. The first kappa shape index (κ1) is 21.0. The van der Waals surface area contributed by atoms with E-state index in [9.17, 15) is 14.0 Å². The van der Waals surface area contributed by atoms with E-state index >= 15 is 0 Å². The second-order valence-electron chi connectivity index (χ2n) is 8.16. The van der Waals surface area contributed by atoms with Gasteiger partial charge in [-0.2, -0.15) is 0 Å². The zero-order valence-electron chi connectivity index (χ0n) is 17.1. The van der Waals surface area contributed by atoms with Crippen molar-refractivity contribution in [1.29, 1.82) is 0 Å². The normalized spacial score (nSPS) is 19.0. The highest BCUT2D eigenvalue weighted by Gasteiger charge is 2.29. The van der Waals surface area contributed by atoms with Gasteiger partial charge in [-0.25, -0.2) is 4.39 Å². The van der Waals surface area contributed by atoms with E-state index in [1.54, 1.807) is 12.1 Å². The Balaban J connectivity index is 1.43. The summed E-state index contributed by atoms with van der Waals surface area (Å²) in [5.41, 5.74) is 2.94. The average molecular weight is 397 g/mol. The fraction of sp³-hybridized carbons (Fsp3) is 0.417. The molecule has 154 valence electrons. The number of carbonyl (C=O) groups excluding carboxylic acids is 2. The zero-order chi connectivity index (χ0) is 20.8. The minimum absolute atomic E-state index is 0.0115. The number of rotatable bonds is 6. The molecule has 1 aliphatic carbocycles. The Bertz CT molecular complexity index is 823. The Morgan fingerprint density at radius 3 is 2.00 bits per heavy atom. The van der Waals surface area contributed by atoms with Crippen LogP contribution in [0.15, 0.2) is 48.5 Å². The van der Waals surface area contributed by atoms with E-state index in [0.717, 1.165) is 11.3 Å². The van der Waals surface area contributed by atoms with Crippen molar-refractivity contribution in [2.75, 3.05) is 5.32 Å². The standard InChI is InChI=1S/C24H29FN2O2/c1-16(2)18-9-13-22(14-10-18)27-24(29)20-7-5-19(6-8-20)23(28)26-15-17-3-11-21(25)12-4-17/h3-4,9-14,16,19-20H,5-8,15H2,1-2H3,(H,26,28)(H,27,29). The Morgan fingerprint density at radius 2 is 1.45 bits per heavy atom. The quantitative estimate of drug-likeness (QED) is 0.721. The number of hydrogen-bond donors (Lipinski definition) is 2. The van der Waals surface area contributed by atoms with Gasteiger partial charge in [0, 0.05) is 24.1 Å². The first-order valence-corrected chi connectivity index (χ1v) is 10.4. The average Bonchev–Trinajstić information content (AvgIpc) is 2.73. The predicted octanol–water partition coefficient (Wildman–Crippen LogP) is 5.01. The van der Waals surface area contributed by atoms with Gasteiger partial charge < -0.3 is 10.6 Å². The van der Waals surface area contributed by atoms with Crippen LogP contribution >= 0.6 is 0 Å². The van der Waals surface area contributed by atoms with E-state index in [-0.39, 0.29) is 29.5 Å². The molecule has 2 N–H and O–H groups in total. The summed E-state index contributed by atoms with van der Waals surface area (Å²) in [4.78, 5) is 25.0. The maximum Gasteiger partial charge on any atom is 0.227 e. The summed E-state index contributed by atoms with van der Waals surface area (Å²) in [6.07, 6.45) is 2.84. The van der Waals surface area contributed by atoms with E-state index < -0.39 is 0 Å². The topological polar surface area (TPSA) is 58.2 Å². The van der Waals surface area contributed by atoms with Crippen molar-refractivity contribution in [3.63, 3.8) is 0 Å². The van der Waals surface area contributed by atoms with Gasteiger partial charge in [0.25, 0.3) is 0 Å². The van der Waals surface area contributed by atoms with Crippen molar-refractivity contribution in [3.05, 3.63) is 65.5 Å². The van der Waals surface area contributed by atoms with Crippen LogP contribution in [0.4, 0.5) is 10.1 Å². The lowest BCUT2D eigenvalue weighted by Gasteiger charge is -2.27. The van der Waals surface area contributed by atoms with Crippen LogP contribution in [0.3, 0.4) is 0 Å². The maximum absolute atomic E-state index is 12.9. The van der Waals surface area contributed by atoms with E-state index in [0.29, 0.717) is 38.1 Å². The van der Waals surface area contributed by atoms with Crippen LogP contribution in [-0.2, 0) is 16.1 Å². The summed E-state index contributed by atoms with van der Waals surface area (Å²) in [5.74, 6) is 0.104. The molecule has 0 aromatic heterocycles. The maximum atomic E-state index is 12.9. The first-order chi connectivity index (χ1) is 13.9. The second kappa shape index (κ2) is 9.68. The van der Waals surface area contributed by atoms with Gasteiger partial charge in [0.2, 0.25) is 11.8 Å². The molecule has 29 heavy (non-hydrogen) atoms. The predicted molar refractivity (Wildman–Crippen MR) is 113 cm³/mol. The highest BCUT2D eigenvalue weighted by Crippen LogP contribution is 2.30. The van der Waals surface area contributed by atoms with Gasteiger partial charge >= 0.3 is 0 Å². The van der Waals surface area contributed by atoms with Crippen LogP contribution in [0.1, 0.15) is 56.6 Å². The molecule has 0 unspecified atom stereocenters. The summed E-state index contributed by atoms with van der Waals surface area (Å²) < 4.78 is 12.9. The Kier molecular flexibility index (Phi) is 7.02. The van der Waals surface area contributed by atoms with Crippen LogP contribution in [-0.4, -0.2) is 11.8 Å². The fourth-order valence-corrected chi connectivity index (χ4v) is 3.75. The highest BCUT2D eigenvalue weighted by molar-refractivity contribution is 5.92. The van der Waals surface area contributed by atoms with Gasteiger partial charge in [-0.3, -0.25) is 9.59 Å². The van der Waals surface area contributed by atoms with Gasteiger partial charge in [-0.05, 0) is 67.0 Å². The molecule has 5 heteroatoms. The van der Waals surface area contributed by atoms with Crippen molar-refractivity contribution >= 4 is 17.5 Å². The van der Waals surface area contributed by atoms with E-state index in [2.05, 4.69) is 24.5 Å². The molecule has 1 saturated carbocycles. The molecule has 2 amide bonds. The molecular formula is C24H29FN2O2. The molecule has 3 rings (SSSR count). The van der Waals surface area contributed by atoms with E-state index in [1.807, 2.05) is 24.3 Å². The van der Waals surface area contributed by atoms with Crippen molar-refractivity contribution in [2.45, 2.75) is 52.0 Å². The molecule has 0 radical (unpaired) electrons. The molecule has 4 nitrogen and oxygen atoms in total. The summed E-state index contributed by atoms with van der Waals surface area (Å²) in [6, 6.07) is 14.1. The SMILES string of the molecule is CC(C)c1ccc(NC(=O)C2CCC(C(=O)NCc3ccc(F)cc3)CC2)cc1. The molecule has 0 spiro atoms. The number of halogens is 1. The monoisotopic (exact) mass is 396 g/mol. The van der Waals surface area contributed by atoms with E-state index in [1.165, 1.54) is 17.7 Å². The molecule has 0 aliphatic heterocycles. The molecule has 0 heterocycles. The van der Waals surface area contributed by atoms with Gasteiger partial charge in [-0.1, -0.05) is 38.1 Å². The molecule has 0 atom stereocenters. The largest absolute Gasteiger partial charge is 0.352 e. The molecule has 0 bridgehead atoms. The summed E-state index contributed by atoms with van der Waals surface area (Å²) in [7, 11) is 0. The van der Waals surface area contributed by atoms with Crippen LogP contribution < -0.4 is 10.6 Å². The molecule has 2 aromatic carbocycles. The second-order valence-corrected chi connectivity index (χ2v) is 8.16. The minimum atomic E-state index is -0.285. The molecule has 1 fully saturated rings. The number of carbonyl (C=O) groups is 2. The Hall–Kier alpha value is -2.69. The van der Waals surface area contributed by atoms with Crippen LogP contribution in [0.25, 0.3) is 0 Å². The minimum Gasteiger partial charge on any atom is -0.352 e.